The second kappa shape index (κ2) is 5.74. The van der Waals surface area contributed by atoms with Crippen molar-refractivity contribution in [3.63, 3.8) is 0 Å². The fraction of sp³-hybridized carbons (Fsp3) is 0.143. The van der Waals surface area contributed by atoms with E-state index in [4.69, 9.17) is 4.74 Å². The van der Waals surface area contributed by atoms with Crippen molar-refractivity contribution in [1.82, 2.24) is 0 Å². The highest BCUT2D eigenvalue weighted by atomic mass is 16.6. The molecule has 3 aromatic rings. The van der Waals surface area contributed by atoms with E-state index >= 15 is 0 Å². The maximum Gasteiger partial charge on any atom is 0.339 e. The number of ether oxygens (including phenoxy) is 1. The predicted molar refractivity (Wildman–Crippen MR) is 96.5 cm³/mol. The lowest BCUT2D eigenvalue weighted by Gasteiger charge is -2.33. The highest BCUT2D eigenvalue weighted by Crippen LogP contribution is 2.30. The monoisotopic (exact) mass is 331 g/mol. The first kappa shape index (κ1) is 15.4. The minimum Gasteiger partial charge on any atom is -0.445 e. The van der Waals surface area contributed by atoms with E-state index in [0.29, 0.717) is 17.7 Å². The van der Waals surface area contributed by atoms with Crippen LogP contribution in [0.3, 0.4) is 0 Å². The Morgan fingerprint density at radius 1 is 1.00 bits per heavy atom. The molecule has 0 unspecified atom stereocenters. The molecular weight excluding hydrogens is 314 g/mol. The zero-order chi connectivity index (χ0) is 17.4. The smallest absolute Gasteiger partial charge is 0.339 e. The molecule has 1 heterocycles. The summed E-state index contributed by atoms with van der Waals surface area (Å²) in [4.78, 5) is 25.2. The van der Waals surface area contributed by atoms with E-state index in [9.17, 15) is 9.59 Å². The van der Waals surface area contributed by atoms with Crippen LogP contribution in [0.5, 0.6) is 0 Å². The van der Waals surface area contributed by atoms with Crippen LogP contribution in [0.15, 0.2) is 66.7 Å². The van der Waals surface area contributed by atoms with Crippen LogP contribution in [0.2, 0.25) is 0 Å². The van der Waals surface area contributed by atoms with Crippen LogP contribution in [0.25, 0.3) is 10.8 Å². The van der Waals surface area contributed by atoms with Crippen molar-refractivity contribution >= 4 is 28.3 Å². The number of anilines is 1. The molecule has 4 rings (SSSR count). The lowest BCUT2D eigenvalue weighted by Crippen LogP contribution is -2.48. The largest absolute Gasteiger partial charge is 0.445 e. The van der Waals surface area contributed by atoms with Gasteiger partial charge < -0.3 is 10.1 Å². The Labute approximate surface area is 145 Å². The standard InChI is InChI=1S/C21H17NO3/c1-21(13-15-8-3-5-11-17(15)19(23)25-21)20(24)22-18-12-6-9-14-7-2-4-10-16(14)18/h2-12H,13H2,1H3,(H,22,24)/t21-/m1/s1. The molecular formula is C21H17NO3. The van der Waals surface area contributed by atoms with Crippen LogP contribution in [-0.4, -0.2) is 17.5 Å². The number of esters is 1. The van der Waals surface area contributed by atoms with E-state index in [2.05, 4.69) is 5.32 Å². The third-order valence-corrected chi connectivity index (χ3v) is 4.60. The number of nitrogens with one attached hydrogen (secondary N) is 1. The van der Waals surface area contributed by atoms with Crippen molar-refractivity contribution in [3.8, 4) is 0 Å². The topological polar surface area (TPSA) is 55.4 Å². The van der Waals surface area contributed by atoms with Gasteiger partial charge in [0.25, 0.3) is 5.91 Å². The molecule has 0 bridgehead atoms. The molecule has 124 valence electrons. The number of hydrogen-bond acceptors (Lipinski definition) is 3. The second-order valence-electron chi connectivity index (χ2n) is 6.44. The summed E-state index contributed by atoms with van der Waals surface area (Å²) in [6.45, 7) is 1.65. The summed E-state index contributed by atoms with van der Waals surface area (Å²) in [6, 6.07) is 20.8. The highest BCUT2D eigenvalue weighted by molar-refractivity contribution is 6.07. The molecule has 4 nitrogen and oxygen atoms in total. The SMILES string of the molecule is C[C@]1(C(=O)Nc2cccc3ccccc23)Cc2ccccc2C(=O)O1. The molecule has 1 N–H and O–H groups in total. The molecule has 0 saturated carbocycles. The molecule has 0 spiro atoms. The summed E-state index contributed by atoms with van der Waals surface area (Å²) < 4.78 is 5.50. The van der Waals surface area contributed by atoms with Gasteiger partial charge in [0, 0.05) is 17.5 Å². The number of amides is 1. The first-order chi connectivity index (χ1) is 12.1. The molecule has 3 aromatic carbocycles. The number of carbonyl (C=O) groups is 2. The van der Waals surface area contributed by atoms with Gasteiger partial charge in [0.2, 0.25) is 0 Å². The first-order valence-corrected chi connectivity index (χ1v) is 8.17. The van der Waals surface area contributed by atoms with Gasteiger partial charge in [-0.1, -0.05) is 54.6 Å². The second-order valence-corrected chi connectivity index (χ2v) is 6.44. The third-order valence-electron chi connectivity index (χ3n) is 4.60. The van der Waals surface area contributed by atoms with Gasteiger partial charge in [-0.15, -0.1) is 0 Å². The molecule has 1 aliphatic heterocycles. The van der Waals surface area contributed by atoms with Gasteiger partial charge in [-0.3, -0.25) is 4.79 Å². The number of hydrogen-bond donors (Lipinski definition) is 1. The molecule has 4 heteroatoms. The summed E-state index contributed by atoms with van der Waals surface area (Å²) in [5, 5.41) is 4.92. The minimum absolute atomic E-state index is 0.327. The predicted octanol–water partition coefficient (Wildman–Crippen LogP) is 3.95. The van der Waals surface area contributed by atoms with Crippen LogP contribution in [0.1, 0.15) is 22.8 Å². The van der Waals surface area contributed by atoms with E-state index < -0.39 is 11.6 Å². The van der Waals surface area contributed by atoms with Crippen molar-refractivity contribution in [2.24, 2.45) is 0 Å². The van der Waals surface area contributed by atoms with Gasteiger partial charge in [-0.2, -0.15) is 0 Å². The van der Waals surface area contributed by atoms with Crippen molar-refractivity contribution in [1.29, 1.82) is 0 Å². The molecule has 0 radical (unpaired) electrons. The molecule has 0 aliphatic carbocycles. The van der Waals surface area contributed by atoms with Gasteiger partial charge in [-0.25, -0.2) is 4.79 Å². The lowest BCUT2D eigenvalue weighted by molar-refractivity contribution is -0.134. The van der Waals surface area contributed by atoms with E-state index in [1.807, 2.05) is 54.6 Å². The fourth-order valence-corrected chi connectivity index (χ4v) is 3.25. The van der Waals surface area contributed by atoms with E-state index in [0.717, 1.165) is 16.3 Å². The Kier molecular flexibility index (Phi) is 3.53. The summed E-state index contributed by atoms with van der Waals surface area (Å²) in [7, 11) is 0. The molecule has 25 heavy (non-hydrogen) atoms. The van der Waals surface area contributed by atoms with Crippen LogP contribution in [0, 0.1) is 0 Å². The van der Waals surface area contributed by atoms with Crippen molar-refractivity contribution < 1.29 is 14.3 Å². The average Bonchev–Trinajstić information content (AvgIpc) is 2.62. The van der Waals surface area contributed by atoms with Gasteiger partial charge in [0.1, 0.15) is 0 Å². The zero-order valence-electron chi connectivity index (χ0n) is 13.8. The maximum absolute atomic E-state index is 12.9. The lowest BCUT2D eigenvalue weighted by atomic mass is 9.89. The number of rotatable bonds is 2. The van der Waals surface area contributed by atoms with Gasteiger partial charge >= 0.3 is 5.97 Å². The highest BCUT2D eigenvalue weighted by Gasteiger charge is 2.42. The summed E-state index contributed by atoms with van der Waals surface area (Å²) in [5.41, 5.74) is 0.828. The normalized spacial score (nSPS) is 19.2. The van der Waals surface area contributed by atoms with Gasteiger partial charge in [-0.05, 0) is 30.0 Å². The van der Waals surface area contributed by atoms with E-state index in [1.54, 1.807) is 19.1 Å². The van der Waals surface area contributed by atoms with Crippen molar-refractivity contribution in [3.05, 3.63) is 77.9 Å². The van der Waals surface area contributed by atoms with E-state index in [1.165, 1.54) is 0 Å². The minimum atomic E-state index is -1.23. The molecule has 1 amide bonds. The Hall–Kier alpha value is -3.14. The van der Waals surface area contributed by atoms with Gasteiger partial charge in [0.05, 0.1) is 5.56 Å². The quantitative estimate of drug-likeness (QED) is 0.723. The van der Waals surface area contributed by atoms with Crippen LogP contribution < -0.4 is 5.32 Å². The van der Waals surface area contributed by atoms with Crippen LogP contribution in [0.4, 0.5) is 5.69 Å². The Morgan fingerprint density at radius 2 is 1.72 bits per heavy atom. The molecule has 1 atom stereocenters. The van der Waals surface area contributed by atoms with E-state index in [-0.39, 0.29) is 5.91 Å². The van der Waals surface area contributed by atoms with Crippen molar-refractivity contribution in [2.75, 3.05) is 5.32 Å². The number of fused-ring (bicyclic) bond motifs is 2. The molecule has 0 saturated heterocycles. The van der Waals surface area contributed by atoms with Crippen LogP contribution in [-0.2, 0) is 16.0 Å². The fourth-order valence-electron chi connectivity index (χ4n) is 3.25. The van der Waals surface area contributed by atoms with Crippen molar-refractivity contribution in [2.45, 2.75) is 18.9 Å². The Balaban J connectivity index is 1.66. The Morgan fingerprint density at radius 3 is 2.60 bits per heavy atom. The summed E-state index contributed by atoms with van der Waals surface area (Å²) in [5.74, 6) is -0.788. The molecule has 0 fully saturated rings. The first-order valence-electron chi connectivity index (χ1n) is 8.17. The van der Waals surface area contributed by atoms with Gasteiger partial charge in [0.15, 0.2) is 5.60 Å². The van der Waals surface area contributed by atoms with Crippen LogP contribution >= 0.6 is 0 Å². The number of cyclic esters (lactones) is 1. The zero-order valence-corrected chi connectivity index (χ0v) is 13.8. The summed E-state index contributed by atoms with van der Waals surface area (Å²) in [6.07, 6.45) is 0.353. The number of carbonyl (C=O) groups excluding carboxylic acids is 2. The maximum atomic E-state index is 12.9. The molecule has 0 aromatic heterocycles. The Bertz CT molecular complexity index is 990. The molecule has 1 aliphatic rings. The average molecular weight is 331 g/mol. The number of benzene rings is 3. The third kappa shape index (κ3) is 2.66. The summed E-state index contributed by atoms with van der Waals surface area (Å²) >= 11 is 0.